The van der Waals surface area contributed by atoms with E-state index in [1.807, 2.05) is 24.3 Å². The van der Waals surface area contributed by atoms with E-state index in [2.05, 4.69) is 38.8 Å². The van der Waals surface area contributed by atoms with Crippen molar-refractivity contribution in [2.45, 2.75) is 13.1 Å². The first-order chi connectivity index (χ1) is 8.28. The molecule has 0 spiro atoms. The van der Waals surface area contributed by atoms with Crippen molar-refractivity contribution < 1.29 is 0 Å². The molecule has 0 aliphatic heterocycles. The predicted molar refractivity (Wildman–Crippen MR) is 73.7 cm³/mol. The van der Waals surface area contributed by atoms with Gasteiger partial charge in [-0.2, -0.15) is 5.26 Å². The molecule has 2 rings (SSSR count). The summed E-state index contributed by atoms with van der Waals surface area (Å²) >= 11 is 5.13. The van der Waals surface area contributed by atoms with E-state index in [4.69, 9.17) is 5.26 Å². The number of thiophene rings is 1. The molecule has 0 bridgehead atoms. The van der Waals surface area contributed by atoms with Crippen molar-refractivity contribution in [3.8, 4) is 6.07 Å². The highest BCUT2D eigenvalue weighted by atomic mass is 79.9. The molecule has 1 aromatic carbocycles. The number of hydrogen-bond acceptors (Lipinski definition) is 3. The van der Waals surface area contributed by atoms with Gasteiger partial charge in [-0.1, -0.05) is 12.1 Å². The molecule has 0 saturated heterocycles. The molecule has 2 aromatic rings. The first-order valence-corrected chi connectivity index (χ1v) is 6.88. The summed E-state index contributed by atoms with van der Waals surface area (Å²) in [6.45, 7) is 1.63. The third kappa shape index (κ3) is 3.67. The Bertz CT molecular complexity index is 542. The molecule has 0 saturated carbocycles. The Labute approximate surface area is 113 Å². The lowest BCUT2D eigenvalue weighted by Crippen LogP contribution is -2.12. The highest BCUT2D eigenvalue weighted by molar-refractivity contribution is 9.11. The summed E-state index contributed by atoms with van der Waals surface area (Å²) in [5.74, 6) is 0. The van der Waals surface area contributed by atoms with E-state index >= 15 is 0 Å². The fraction of sp³-hybridized carbons (Fsp3) is 0.154. The Balaban J connectivity index is 1.88. The SMILES string of the molecule is N#Cc1cccc(CNCc2csc(Br)c2)c1. The third-order valence-electron chi connectivity index (χ3n) is 2.34. The lowest BCUT2D eigenvalue weighted by atomic mass is 10.1. The van der Waals surface area contributed by atoms with E-state index in [0.29, 0.717) is 5.56 Å². The Hall–Kier alpha value is -1.15. The van der Waals surface area contributed by atoms with Crippen molar-refractivity contribution in [2.75, 3.05) is 0 Å². The second-order valence-corrected chi connectivity index (χ2v) is 5.97. The van der Waals surface area contributed by atoms with Crippen molar-refractivity contribution in [1.82, 2.24) is 5.32 Å². The van der Waals surface area contributed by atoms with E-state index in [1.54, 1.807) is 11.3 Å². The van der Waals surface area contributed by atoms with Crippen LogP contribution in [0.25, 0.3) is 0 Å². The molecule has 1 heterocycles. The summed E-state index contributed by atoms with van der Waals surface area (Å²) in [7, 11) is 0. The Morgan fingerprint density at radius 1 is 1.24 bits per heavy atom. The quantitative estimate of drug-likeness (QED) is 0.935. The fourth-order valence-electron chi connectivity index (χ4n) is 1.54. The highest BCUT2D eigenvalue weighted by Crippen LogP contribution is 2.20. The first kappa shape index (κ1) is 12.3. The van der Waals surface area contributed by atoms with Gasteiger partial charge in [-0.25, -0.2) is 0 Å². The van der Waals surface area contributed by atoms with Crippen LogP contribution < -0.4 is 5.32 Å². The second-order valence-electron chi connectivity index (χ2n) is 3.67. The summed E-state index contributed by atoms with van der Waals surface area (Å²) in [5.41, 5.74) is 3.12. The maximum Gasteiger partial charge on any atom is 0.0991 e. The van der Waals surface area contributed by atoms with Gasteiger partial charge in [0, 0.05) is 13.1 Å². The minimum Gasteiger partial charge on any atom is -0.309 e. The topological polar surface area (TPSA) is 35.8 Å². The fourth-order valence-corrected chi connectivity index (χ4v) is 2.75. The largest absolute Gasteiger partial charge is 0.309 e. The van der Waals surface area contributed by atoms with Crippen molar-refractivity contribution in [2.24, 2.45) is 0 Å². The van der Waals surface area contributed by atoms with Gasteiger partial charge < -0.3 is 5.32 Å². The maximum absolute atomic E-state index is 8.79. The summed E-state index contributed by atoms with van der Waals surface area (Å²) in [6.07, 6.45) is 0. The van der Waals surface area contributed by atoms with Crippen LogP contribution in [0.2, 0.25) is 0 Å². The van der Waals surface area contributed by atoms with Gasteiger partial charge >= 0.3 is 0 Å². The molecule has 0 unspecified atom stereocenters. The van der Waals surface area contributed by atoms with Crippen LogP contribution in [0.3, 0.4) is 0 Å². The zero-order chi connectivity index (χ0) is 12.1. The van der Waals surface area contributed by atoms with Gasteiger partial charge in [-0.05, 0) is 50.6 Å². The molecule has 1 N–H and O–H groups in total. The number of benzene rings is 1. The molecule has 86 valence electrons. The molecular formula is C13H11BrN2S. The van der Waals surface area contributed by atoms with Gasteiger partial charge in [-0.3, -0.25) is 0 Å². The summed E-state index contributed by atoms with van der Waals surface area (Å²) in [5, 5.41) is 14.3. The Kier molecular flexibility index (Phi) is 4.32. The number of rotatable bonds is 4. The van der Waals surface area contributed by atoms with Crippen LogP contribution in [-0.2, 0) is 13.1 Å². The monoisotopic (exact) mass is 306 g/mol. The van der Waals surface area contributed by atoms with Crippen LogP contribution in [0.15, 0.2) is 39.5 Å². The zero-order valence-corrected chi connectivity index (χ0v) is 11.5. The predicted octanol–water partition coefficient (Wildman–Crippen LogP) is 3.67. The standard InChI is InChI=1S/C13H11BrN2S/c14-13-5-12(9-17-13)8-16-7-11-3-1-2-10(4-11)6-15/h1-5,9,16H,7-8H2. The molecule has 0 aliphatic rings. The van der Waals surface area contributed by atoms with E-state index < -0.39 is 0 Å². The number of nitrogens with one attached hydrogen (secondary N) is 1. The van der Waals surface area contributed by atoms with E-state index in [1.165, 1.54) is 5.56 Å². The summed E-state index contributed by atoms with van der Waals surface area (Å²) in [4.78, 5) is 0. The minimum atomic E-state index is 0.711. The minimum absolute atomic E-state index is 0.711. The van der Waals surface area contributed by atoms with E-state index in [-0.39, 0.29) is 0 Å². The van der Waals surface area contributed by atoms with E-state index in [9.17, 15) is 0 Å². The van der Waals surface area contributed by atoms with Crippen molar-refractivity contribution in [3.63, 3.8) is 0 Å². The lowest BCUT2D eigenvalue weighted by Gasteiger charge is -2.03. The summed E-state index contributed by atoms with van der Waals surface area (Å²) < 4.78 is 1.15. The van der Waals surface area contributed by atoms with Crippen LogP contribution in [-0.4, -0.2) is 0 Å². The molecule has 17 heavy (non-hydrogen) atoms. The average molecular weight is 307 g/mol. The Morgan fingerprint density at radius 2 is 2.06 bits per heavy atom. The van der Waals surface area contributed by atoms with Crippen LogP contribution in [0.4, 0.5) is 0 Å². The second kappa shape index (κ2) is 5.97. The van der Waals surface area contributed by atoms with Crippen LogP contribution >= 0.6 is 27.3 Å². The first-order valence-electron chi connectivity index (χ1n) is 5.20. The van der Waals surface area contributed by atoms with Crippen LogP contribution in [0, 0.1) is 11.3 Å². The van der Waals surface area contributed by atoms with Gasteiger partial charge in [0.15, 0.2) is 0 Å². The highest BCUT2D eigenvalue weighted by Gasteiger charge is 1.98. The number of halogens is 1. The summed E-state index contributed by atoms with van der Waals surface area (Å²) in [6, 6.07) is 11.9. The van der Waals surface area contributed by atoms with Crippen LogP contribution in [0.1, 0.15) is 16.7 Å². The van der Waals surface area contributed by atoms with Crippen molar-refractivity contribution in [3.05, 3.63) is 56.2 Å². The molecule has 0 fully saturated rings. The van der Waals surface area contributed by atoms with Crippen LogP contribution in [0.5, 0.6) is 0 Å². The molecule has 0 amide bonds. The Morgan fingerprint density at radius 3 is 2.76 bits per heavy atom. The molecular weight excluding hydrogens is 296 g/mol. The number of hydrogen-bond donors (Lipinski definition) is 1. The smallest absolute Gasteiger partial charge is 0.0991 e. The molecule has 0 radical (unpaired) electrons. The molecule has 1 aromatic heterocycles. The van der Waals surface area contributed by atoms with E-state index in [0.717, 1.165) is 22.4 Å². The average Bonchev–Trinajstić information content (AvgIpc) is 2.75. The normalized spacial score (nSPS) is 10.1. The molecule has 0 aliphatic carbocycles. The lowest BCUT2D eigenvalue weighted by molar-refractivity contribution is 0.695. The van der Waals surface area contributed by atoms with Gasteiger partial charge in [0.1, 0.15) is 0 Å². The third-order valence-corrected chi connectivity index (χ3v) is 3.89. The van der Waals surface area contributed by atoms with Gasteiger partial charge in [0.2, 0.25) is 0 Å². The number of nitrogens with zero attached hydrogens (tertiary/aromatic N) is 1. The zero-order valence-electron chi connectivity index (χ0n) is 9.11. The van der Waals surface area contributed by atoms with Crippen molar-refractivity contribution in [1.29, 1.82) is 5.26 Å². The molecule has 2 nitrogen and oxygen atoms in total. The van der Waals surface area contributed by atoms with Crippen molar-refractivity contribution >= 4 is 27.3 Å². The van der Waals surface area contributed by atoms with Gasteiger partial charge in [0.05, 0.1) is 15.4 Å². The van der Waals surface area contributed by atoms with Gasteiger partial charge in [0.25, 0.3) is 0 Å². The number of nitriles is 1. The maximum atomic E-state index is 8.79. The molecule has 4 heteroatoms. The van der Waals surface area contributed by atoms with Gasteiger partial charge in [-0.15, -0.1) is 11.3 Å². The molecule has 0 atom stereocenters.